The van der Waals surface area contributed by atoms with Crippen LogP contribution >= 0.6 is 0 Å². The summed E-state index contributed by atoms with van der Waals surface area (Å²) in [4.78, 5) is 21.8. The van der Waals surface area contributed by atoms with E-state index in [2.05, 4.69) is 0 Å². The van der Waals surface area contributed by atoms with E-state index >= 15 is 0 Å². The molecule has 0 spiro atoms. The normalized spacial score (nSPS) is 9.56. The third-order valence-electron chi connectivity index (χ3n) is 1.96. The first kappa shape index (κ1) is 19.0. The molecule has 106 valence electrons. The van der Waals surface area contributed by atoms with Gasteiger partial charge in [-0.05, 0) is 40.5 Å². The van der Waals surface area contributed by atoms with Crippen LogP contribution in [0.1, 0.15) is 53.4 Å². The van der Waals surface area contributed by atoms with E-state index in [0.29, 0.717) is 38.9 Å². The minimum Gasteiger partial charge on any atom is -0.466 e. The first-order valence-corrected chi connectivity index (χ1v) is 6.50. The van der Waals surface area contributed by atoms with Gasteiger partial charge in [0.2, 0.25) is 0 Å². The average Bonchev–Trinajstić information content (AvgIpc) is 2.36. The van der Waals surface area contributed by atoms with Crippen molar-refractivity contribution in [1.82, 2.24) is 0 Å². The summed E-state index contributed by atoms with van der Waals surface area (Å²) in [7, 11) is 0. The van der Waals surface area contributed by atoms with Gasteiger partial charge in [0.1, 0.15) is 0 Å². The van der Waals surface area contributed by atoms with Crippen molar-refractivity contribution in [3.8, 4) is 0 Å². The van der Waals surface area contributed by atoms with Crippen molar-refractivity contribution < 1.29 is 19.1 Å². The number of carbonyl (C=O) groups excluding carboxylic acids is 2. The van der Waals surface area contributed by atoms with Gasteiger partial charge in [0, 0.05) is 12.8 Å². The molecule has 0 aromatic heterocycles. The van der Waals surface area contributed by atoms with Gasteiger partial charge in [-0.15, -0.1) is 0 Å². The molecule has 0 unspecified atom stereocenters. The SMILES string of the molecule is C/C=C/C.CCOC(=O)CCCCC(=O)OCC. The van der Waals surface area contributed by atoms with Gasteiger partial charge < -0.3 is 9.47 Å². The third kappa shape index (κ3) is 17.1. The molecule has 0 saturated carbocycles. The summed E-state index contributed by atoms with van der Waals surface area (Å²) in [6.45, 7) is 8.38. The topological polar surface area (TPSA) is 52.6 Å². The highest BCUT2D eigenvalue weighted by atomic mass is 16.5. The van der Waals surface area contributed by atoms with E-state index in [1.807, 2.05) is 26.0 Å². The molecule has 0 saturated heterocycles. The van der Waals surface area contributed by atoms with E-state index in [-0.39, 0.29) is 11.9 Å². The fourth-order valence-electron chi connectivity index (χ4n) is 1.00. The van der Waals surface area contributed by atoms with Crippen LogP contribution in [0.3, 0.4) is 0 Å². The molecule has 0 amide bonds. The molecule has 0 N–H and O–H groups in total. The van der Waals surface area contributed by atoms with Gasteiger partial charge in [0.15, 0.2) is 0 Å². The summed E-state index contributed by atoms with van der Waals surface area (Å²) >= 11 is 0. The van der Waals surface area contributed by atoms with Crippen molar-refractivity contribution in [2.75, 3.05) is 13.2 Å². The summed E-state index contributed by atoms with van der Waals surface area (Å²) in [5.74, 6) is -0.396. The largest absolute Gasteiger partial charge is 0.466 e. The molecule has 0 aliphatic carbocycles. The second-order valence-corrected chi connectivity index (χ2v) is 3.48. The molecule has 0 atom stereocenters. The predicted molar refractivity (Wildman–Crippen MR) is 72.2 cm³/mol. The molecular formula is C14H26O4. The van der Waals surface area contributed by atoms with Crippen molar-refractivity contribution in [2.24, 2.45) is 0 Å². The molecule has 0 heterocycles. The highest BCUT2D eigenvalue weighted by molar-refractivity contribution is 5.70. The maximum Gasteiger partial charge on any atom is 0.305 e. The van der Waals surface area contributed by atoms with Crippen molar-refractivity contribution in [3.05, 3.63) is 12.2 Å². The number of hydrogen-bond donors (Lipinski definition) is 0. The van der Waals surface area contributed by atoms with Crippen LogP contribution in [0, 0.1) is 0 Å². The van der Waals surface area contributed by atoms with E-state index in [4.69, 9.17) is 9.47 Å². The number of ether oxygens (including phenoxy) is 2. The van der Waals surface area contributed by atoms with Gasteiger partial charge in [0.25, 0.3) is 0 Å². The van der Waals surface area contributed by atoms with Crippen LogP contribution < -0.4 is 0 Å². The lowest BCUT2D eigenvalue weighted by molar-refractivity contribution is -0.145. The van der Waals surface area contributed by atoms with Gasteiger partial charge in [-0.1, -0.05) is 12.2 Å². The van der Waals surface area contributed by atoms with Gasteiger partial charge >= 0.3 is 11.9 Å². The minimum absolute atomic E-state index is 0.198. The highest BCUT2D eigenvalue weighted by Crippen LogP contribution is 2.02. The lowest BCUT2D eigenvalue weighted by atomic mass is 10.2. The molecule has 0 aromatic rings. The van der Waals surface area contributed by atoms with Crippen LogP contribution in [0.25, 0.3) is 0 Å². The van der Waals surface area contributed by atoms with Crippen molar-refractivity contribution in [2.45, 2.75) is 53.4 Å². The monoisotopic (exact) mass is 258 g/mol. The Labute approximate surface area is 110 Å². The number of esters is 2. The van der Waals surface area contributed by atoms with E-state index in [0.717, 1.165) is 0 Å². The number of hydrogen-bond acceptors (Lipinski definition) is 4. The highest BCUT2D eigenvalue weighted by Gasteiger charge is 2.04. The Hall–Kier alpha value is -1.32. The Morgan fingerprint density at radius 3 is 1.39 bits per heavy atom. The van der Waals surface area contributed by atoms with Crippen molar-refractivity contribution in [3.63, 3.8) is 0 Å². The predicted octanol–water partition coefficient (Wildman–Crippen LogP) is 3.26. The van der Waals surface area contributed by atoms with Crippen LogP contribution in [0.5, 0.6) is 0 Å². The molecule has 4 heteroatoms. The van der Waals surface area contributed by atoms with Crippen LogP contribution in [0.4, 0.5) is 0 Å². The second kappa shape index (κ2) is 15.7. The fraction of sp³-hybridized carbons (Fsp3) is 0.714. The lowest BCUT2D eigenvalue weighted by Gasteiger charge is -2.02. The first-order valence-electron chi connectivity index (χ1n) is 6.50. The maximum absolute atomic E-state index is 10.9. The number of carbonyl (C=O) groups is 2. The smallest absolute Gasteiger partial charge is 0.305 e. The van der Waals surface area contributed by atoms with Crippen LogP contribution in [-0.2, 0) is 19.1 Å². The quantitative estimate of drug-likeness (QED) is 0.399. The number of unbranched alkanes of at least 4 members (excludes halogenated alkanes) is 1. The first-order chi connectivity index (χ1) is 8.62. The second-order valence-electron chi connectivity index (χ2n) is 3.48. The Balaban J connectivity index is 0. The summed E-state index contributed by atoms with van der Waals surface area (Å²) < 4.78 is 9.48. The molecule has 0 aliphatic rings. The molecule has 0 aromatic carbocycles. The molecule has 4 nitrogen and oxygen atoms in total. The van der Waals surface area contributed by atoms with Gasteiger partial charge in [-0.3, -0.25) is 9.59 Å². The Kier molecular flexibility index (Phi) is 16.6. The van der Waals surface area contributed by atoms with Crippen LogP contribution in [0.2, 0.25) is 0 Å². The Morgan fingerprint density at radius 1 is 0.833 bits per heavy atom. The maximum atomic E-state index is 10.9. The van der Waals surface area contributed by atoms with Gasteiger partial charge in [-0.25, -0.2) is 0 Å². The zero-order valence-corrected chi connectivity index (χ0v) is 12.0. The fourth-order valence-corrected chi connectivity index (χ4v) is 1.00. The Morgan fingerprint density at radius 2 is 1.17 bits per heavy atom. The standard InChI is InChI=1S/C10H18O4.C4H8/c1-3-13-9(11)7-5-6-8-10(12)14-4-2;1-3-4-2/h3-8H2,1-2H3;3-4H,1-2H3/b;4-3+. The summed E-state index contributed by atoms with van der Waals surface area (Å²) in [5.41, 5.74) is 0. The van der Waals surface area contributed by atoms with E-state index < -0.39 is 0 Å². The number of rotatable bonds is 7. The van der Waals surface area contributed by atoms with E-state index in [9.17, 15) is 9.59 Å². The van der Waals surface area contributed by atoms with E-state index in [1.54, 1.807) is 13.8 Å². The summed E-state index contributed by atoms with van der Waals surface area (Å²) in [6, 6.07) is 0. The average molecular weight is 258 g/mol. The zero-order valence-electron chi connectivity index (χ0n) is 12.0. The Bertz CT molecular complexity index is 210. The molecule has 18 heavy (non-hydrogen) atoms. The van der Waals surface area contributed by atoms with Crippen LogP contribution in [-0.4, -0.2) is 25.2 Å². The molecule has 0 bridgehead atoms. The van der Waals surface area contributed by atoms with Gasteiger partial charge in [0.05, 0.1) is 13.2 Å². The third-order valence-corrected chi connectivity index (χ3v) is 1.96. The zero-order chi connectivity index (χ0) is 14.2. The summed E-state index contributed by atoms with van der Waals surface area (Å²) in [5, 5.41) is 0. The lowest BCUT2D eigenvalue weighted by Crippen LogP contribution is -2.06. The minimum atomic E-state index is -0.198. The van der Waals surface area contributed by atoms with Crippen LogP contribution in [0.15, 0.2) is 12.2 Å². The molecule has 0 radical (unpaired) electrons. The number of allylic oxidation sites excluding steroid dienone is 2. The molecule has 0 fully saturated rings. The van der Waals surface area contributed by atoms with Crippen molar-refractivity contribution in [1.29, 1.82) is 0 Å². The molecular weight excluding hydrogens is 232 g/mol. The molecule has 0 aliphatic heterocycles. The van der Waals surface area contributed by atoms with Crippen molar-refractivity contribution >= 4 is 11.9 Å². The molecule has 0 rings (SSSR count). The van der Waals surface area contributed by atoms with E-state index in [1.165, 1.54) is 0 Å². The van der Waals surface area contributed by atoms with Gasteiger partial charge in [-0.2, -0.15) is 0 Å². The summed E-state index contributed by atoms with van der Waals surface area (Å²) in [6.07, 6.45) is 6.12.